The summed E-state index contributed by atoms with van der Waals surface area (Å²) in [5.74, 6) is -1.44. The van der Waals surface area contributed by atoms with Crippen molar-refractivity contribution in [1.29, 1.82) is 0 Å². The van der Waals surface area contributed by atoms with Crippen molar-refractivity contribution in [2.24, 2.45) is 5.92 Å². The molecule has 0 spiro atoms. The molecular formula is C7H12N2O3. The summed E-state index contributed by atoms with van der Waals surface area (Å²) >= 11 is 0. The van der Waals surface area contributed by atoms with E-state index in [-0.39, 0.29) is 5.91 Å². The first-order valence-electron chi connectivity index (χ1n) is 3.82. The summed E-state index contributed by atoms with van der Waals surface area (Å²) in [6, 6.07) is 0. The molecule has 2 N–H and O–H groups in total. The Balaban J connectivity index is 2.59. The van der Waals surface area contributed by atoms with Crippen molar-refractivity contribution in [3.8, 4) is 0 Å². The zero-order chi connectivity index (χ0) is 8.97. The molecule has 1 heterocycles. The summed E-state index contributed by atoms with van der Waals surface area (Å²) in [7, 11) is 1.28. The van der Waals surface area contributed by atoms with Gasteiger partial charge < -0.3 is 15.4 Å². The second kappa shape index (κ2) is 4.06. The molecule has 0 aromatic rings. The monoisotopic (exact) mass is 172 g/mol. The summed E-state index contributed by atoms with van der Waals surface area (Å²) in [6.45, 7) is 1.62. The SMILES string of the molecule is COC(=O)C1CNCCNC1=O. The molecule has 0 bridgehead atoms. The van der Waals surface area contributed by atoms with Crippen LogP contribution in [0.3, 0.4) is 0 Å². The number of nitrogens with one attached hydrogen (secondary N) is 2. The molecule has 0 radical (unpaired) electrons. The first-order valence-corrected chi connectivity index (χ1v) is 3.82. The number of hydrogen-bond acceptors (Lipinski definition) is 4. The van der Waals surface area contributed by atoms with Crippen molar-refractivity contribution in [1.82, 2.24) is 10.6 Å². The van der Waals surface area contributed by atoms with Crippen LogP contribution in [0.15, 0.2) is 0 Å². The molecule has 0 saturated carbocycles. The van der Waals surface area contributed by atoms with Gasteiger partial charge in [0.05, 0.1) is 7.11 Å². The fourth-order valence-corrected chi connectivity index (χ4v) is 1.07. The van der Waals surface area contributed by atoms with Crippen LogP contribution in [-0.2, 0) is 14.3 Å². The minimum Gasteiger partial charge on any atom is -0.468 e. The first-order chi connectivity index (χ1) is 5.75. The Hall–Kier alpha value is -1.10. The lowest BCUT2D eigenvalue weighted by molar-refractivity contribution is -0.149. The van der Waals surface area contributed by atoms with Gasteiger partial charge in [0.2, 0.25) is 5.91 Å². The van der Waals surface area contributed by atoms with E-state index in [2.05, 4.69) is 15.4 Å². The highest BCUT2D eigenvalue weighted by molar-refractivity contribution is 5.98. The molecule has 0 aromatic heterocycles. The van der Waals surface area contributed by atoms with E-state index < -0.39 is 11.9 Å². The Kier molecular flexibility index (Phi) is 3.04. The quantitative estimate of drug-likeness (QED) is 0.373. The molecule has 1 aliphatic heterocycles. The zero-order valence-electron chi connectivity index (χ0n) is 6.92. The maximum atomic E-state index is 11.2. The van der Waals surface area contributed by atoms with Gasteiger partial charge in [-0.25, -0.2) is 0 Å². The molecule has 1 saturated heterocycles. The Labute approximate surface area is 70.5 Å². The fraction of sp³-hybridized carbons (Fsp3) is 0.714. The Morgan fingerprint density at radius 1 is 1.58 bits per heavy atom. The topological polar surface area (TPSA) is 67.4 Å². The van der Waals surface area contributed by atoms with Crippen LogP contribution < -0.4 is 10.6 Å². The highest BCUT2D eigenvalue weighted by Gasteiger charge is 2.28. The number of carbonyl (C=O) groups is 2. The summed E-state index contributed by atoms with van der Waals surface area (Å²) < 4.78 is 4.48. The Morgan fingerprint density at radius 2 is 2.33 bits per heavy atom. The van der Waals surface area contributed by atoms with Crippen molar-refractivity contribution >= 4 is 11.9 Å². The van der Waals surface area contributed by atoms with Gasteiger partial charge in [-0.1, -0.05) is 0 Å². The summed E-state index contributed by atoms with van der Waals surface area (Å²) in [5, 5.41) is 5.57. The highest BCUT2D eigenvalue weighted by Crippen LogP contribution is 1.99. The van der Waals surface area contributed by atoms with Gasteiger partial charge in [0.1, 0.15) is 5.92 Å². The minimum atomic E-state index is -0.697. The van der Waals surface area contributed by atoms with Crippen LogP contribution in [0.4, 0.5) is 0 Å². The maximum Gasteiger partial charge on any atom is 0.319 e. The molecule has 1 unspecified atom stereocenters. The van der Waals surface area contributed by atoms with E-state index in [1.54, 1.807) is 0 Å². The van der Waals surface area contributed by atoms with Crippen molar-refractivity contribution in [3.63, 3.8) is 0 Å². The standard InChI is InChI=1S/C7H12N2O3/c1-12-7(11)5-4-8-2-3-9-6(5)10/h5,8H,2-4H2,1H3,(H,9,10). The highest BCUT2D eigenvalue weighted by atomic mass is 16.5. The summed E-state index contributed by atoms with van der Waals surface area (Å²) in [4.78, 5) is 22.2. The van der Waals surface area contributed by atoms with Gasteiger partial charge in [0.25, 0.3) is 0 Å². The molecule has 1 amide bonds. The first kappa shape index (κ1) is 8.99. The van der Waals surface area contributed by atoms with Crippen molar-refractivity contribution in [3.05, 3.63) is 0 Å². The number of ether oxygens (including phenoxy) is 1. The Bertz CT molecular complexity index is 193. The minimum absolute atomic E-state index is 0.258. The molecule has 5 nitrogen and oxygen atoms in total. The summed E-state index contributed by atoms with van der Waals surface area (Å²) in [6.07, 6.45) is 0. The van der Waals surface area contributed by atoms with Crippen LogP contribution >= 0.6 is 0 Å². The van der Waals surface area contributed by atoms with Gasteiger partial charge in [0.15, 0.2) is 0 Å². The second-order valence-electron chi connectivity index (χ2n) is 2.57. The third kappa shape index (κ3) is 1.94. The molecule has 5 heteroatoms. The van der Waals surface area contributed by atoms with Crippen molar-refractivity contribution < 1.29 is 14.3 Å². The van der Waals surface area contributed by atoms with Crippen molar-refractivity contribution in [2.45, 2.75) is 0 Å². The number of rotatable bonds is 1. The van der Waals surface area contributed by atoms with Crippen LogP contribution in [0.1, 0.15) is 0 Å². The molecule has 0 aliphatic carbocycles. The smallest absolute Gasteiger partial charge is 0.319 e. The van der Waals surface area contributed by atoms with Gasteiger partial charge in [-0.2, -0.15) is 0 Å². The lowest BCUT2D eigenvalue weighted by Gasteiger charge is -2.09. The van der Waals surface area contributed by atoms with Gasteiger partial charge in [-0.3, -0.25) is 9.59 Å². The fourth-order valence-electron chi connectivity index (χ4n) is 1.07. The van der Waals surface area contributed by atoms with Crippen LogP contribution in [0.5, 0.6) is 0 Å². The van der Waals surface area contributed by atoms with Crippen LogP contribution in [-0.4, -0.2) is 38.6 Å². The van der Waals surface area contributed by atoms with Crippen LogP contribution in [0.25, 0.3) is 0 Å². The average molecular weight is 172 g/mol. The van der Waals surface area contributed by atoms with E-state index in [0.29, 0.717) is 19.6 Å². The van der Waals surface area contributed by atoms with Gasteiger partial charge in [-0.15, -0.1) is 0 Å². The predicted octanol–water partition coefficient (Wildman–Crippen LogP) is -1.50. The number of amides is 1. The van der Waals surface area contributed by atoms with Crippen LogP contribution in [0.2, 0.25) is 0 Å². The zero-order valence-corrected chi connectivity index (χ0v) is 6.92. The summed E-state index contributed by atoms with van der Waals surface area (Å²) in [5.41, 5.74) is 0. The predicted molar refractivity (Wildman–Crippen MR) is 41.4 cm³/mol. The number of esters is 1. The van der Waals surface area contributed by atoms with E-state index in [1.807, 2.05) is 0 Å². The molecular weight excluding hydrogens is 160 g/mol. The second-order valence-corrected chi connectivity index (χ2v) is 2.57. The third-order valence-corrected chi connectivity index (χ3v) is 1.75. The number of methoxy groups -OCH3 is 1. The van der Waals surface area contributed by atoms with E-state index in [0.717, 1.165) is 0 Å². The Morgan fingerprint density at radius 3 is 3.00 bits per heavy atom. The lowest BCUT2D eigenvalue weighted by Crippen LogP contribution is -2.37. The van der Waals surface area contributed by atoms with E-state index >= 15 is 0 Å². The van der Waals surface area contributed by atoms with Crippen molar-refractivity contribution in [2.75, 3.05) is 26.7 Å². The molecule has 1 atom stereocenters. The molecule has 12 heavy (non-hydrogen) atoms. The normalized spacial score (nSPS) is 24.1. The van der Waals surface area contributed by atoms with E-state index in [9.17, 15) is 9.59 Å². The molecule has 68 valence electrons. The number of hydrogen-bond donors (Lipinski definition) is 2. The maximum absolute atomic E-state index is 11.2. The van der Waals surface area contributed by atoms with E-state index in [4.69, 9.17) is 0 Å². The average Bonchev–Trinajstić information content (AvgIpc) is 2.28. The number of carbonyl (C=O) groups excluding carboxylic acids is 2. The van der Waals surface area contributed by atoms with Gasteiger partial charge >= 0.3 is 5.97 Å². The van der Waals surface area contributed by atoms with Gasteiger partial charge in [-0.05, 0) is 0 Å². The lowest BCUT2D eigenvalue weighted by atomic mass is 10.1. The van der Waals surface area contributed by atoms with E-state index in [1.165, 1.54) is 7.11 Å². The third-order valence-electron chi connectivity index (χ3n) is 1.75. The molecule has 0 aromatic carbocycles. The van der Waals surface area contributed by atoms with Crippen LogP contribution in [0, 0.1) is 5.92 Å². The largest absolute Gasteiger partial charge is 0.468 e. The van der Waals surface area contributed by atoms with Gasteiger partial charge in [0, 0.05) is 19.6 Å². The molecule has 1 rings (SSSR count). The molecule has 1 aliphatic rings. The molecule has 1 fully saturated rings.